The van der Waals surface area contributed by atoms with E-state index in [1.165, 1.54) is 10.8 Å². The first kappa shape index (κ1) is 11.9. The van der Waals surface area contributed by atoms with Crippen LogP contribution in [0.15, 0.2) is 42.5 Å². The second kappa shape index (κ2) is 5.19. The summed E-state index contributed by atoms with van der Waals surface area (Å²) in [5.74, 6) is 0. The Labute approximate surface area is 102 Å². The number of aliphatic hydroxyl groups excluding tert-OH is 1. The lowest BCUT2D eigenvalue weighted by Crippen LogP contribution is -2.20. The average molecular weight is 229 g/mol. The van der Waals surface area contributed by atoms with Crippen LogP contribution in [0.5, 0.6) is 0 Å². The summed E-state index contributed by atoms with van der Waals surface area (Å²) in [6, 6.07) is 14.9. The molecule has 0 saturated carbocycles. The number of fused-ring (bicyclic) bond motifs is 1. The molecule has 0 bridgehead atoms. The fourth-order valence-electron chi connectivity index (χ4n) is 2.13. The predicted molar refractivity (Wildman–Crippen MR) is 73.3 cm³/mol. The first-order chi connectivity index (χ1) is 8.15. The van der Waals surface area contributed by atoms with Crippen LogP contribution in [0.4, 0.5) is 5.69 Å². The van der Waals surface area contributed by atoms with Crippen LogP contribution in [-0.4, -0.2) is 17.3 Å². The van der Waals surface area contributed by atoms with Crippen molar-refractivity contribution in [2.75, 3.05) is 5.32 Å². The Morgan fingerprint density at radius 3 is 2.47 bits per heavy atom. The zero-order chi connectivity index (χ0) is 12.3. The molecule has 0 saturated heterocycles. The molecule has 90 valence electrons. The summed E-state index contributed by atoms with van der Waals surface area (Å²) in [5, 5.41) is 15.2. The zero-order valence-corrected chi connectivity index (χ0v) is 10.4. The molecule has 2 rings (SSSR count). The Bertz CT molecular complexity index is 493. The van der Waals surface area contributed by atoms with E-state index in [1.807, 2.05) is 19.1 Å². The molecule has 17 heavy (non-hydrogen) atoms. The fourth-order valence-corrected chi connectivity index (χ4v) is 2.13. The molecule has 0 aliphatic carbocycles. The van der Waals surface area contributed by atoms with E-state index < -0.39 is 0 Å². The summed E-state index contributed by atoms with van der Waals surface area (Å²) >= 11 is 0. The Balaban J connectivity index is 2.14. The minimum atomic E-state index is -0.266. The van der Waals surface area contributed by atoms with E-state index in [0.717, 1.165) is 12.1 Å². The lowest BCUT2D eigenvalue weighted by atomic mass is 10.1. The van der Waals surface area contributed by atoms with Crippen molar-refractivity contribution >= 4 is 16.5 Å². The van der Waals surface area contributed by atoms with Gasteiger partial charge in [-0.3, -0.25) is 0 Å². The number of rotatable bonds is 4. The Morgan fingerprint density at radius 2 is 1.76 bits per heavy atom. The summed E-state index contributed by atoms with van der Waals surface area (Å²) < 4.78 is 0. The summed E-state index contributed by atoms with van der Waals surface area (Å²) in [6.07, 6.45) is 0.491. The first-order valence-corrected chi connectivity index (χ1v) is 6.08. The van der Waals surface area contributed by atoms with Crippen molar-refractivity contribution in [2.45, 2.75) is 32.4 Å². The lowest BCUT2D eigenvalue weighted by molar-refractivity contribution is 0.179. The summed E-state index contributed by atoms with van der Waals surface area (Å²) in [7, 11) is 0. The second-order valence-electron chi connectivity index (χ2n) is 4.69. The molecule has 2 nitrogen and oxygen atoms in total. The molecule has 0 aromatic heterocycles. The lowest BCUT2D eigenvalue weighted by Gasteiger charge is -2.17. The summed E-state index contributed by atoms with van der Waals surface area (Å²) in [5.41, 5.74) is 1.11. The van der Waals surface area contributed by atoms with Crippen LogP contribution in [0.3, 0.4) is 0 Å². The van der Waals surface area contributed by atoms with Crippen molar-refractivity contribution in [3.05, 3.63) is 42.5 Å². The monoisotopic (exact) mass is 229 g/mol. The van der Waals surface area contributed by atoms with Gasteiger partial charge in [0.15, 0.2) is 0 Å². The average Bonchev–Trinajstić information content (AvgIpc) is 2.27. The van der Waals surface area contributed by atoms with Crippen molar-refractivity contribution in [1.29, 1.82) is 0 Å². The normalized spacial score (nSPS) is 14.5. The third-order valence-electron chi connectivity index (χ3n) is 2.86. The van der Waals surface area contributed by atoms with Gasteiger partial charge in [0.1, 0.15) is 0 Å². The van der Waals surface area contributed by atoms with Crippen molar-refractivity contribution in [3.63, 3.8) is 0 Å². The second-order valence-corrected chi connectivity index (χ2v) is 4.69. The van der Waals surface area contributed by atoms with E-state index in [-0.39, 0.29) is 12.1 Å². The van der Waals surface area contributed by atoms with Gasteiger partial charge in [-0.25, -0.2) is 0 Å². The van der Waals surface area contributed by atoms with Crippen molar-refractivity contribution in [2.24, 2.45) is 0 Å². The minimum absolute atomic E-state index is 0.266. The van der Waals surface area contributed by atoms with Gasteiger partial charge in [0, 0.05) is 11.7 Å². The molecule has 0 spiro atoms. The van der Waals surface area contributed by atoms with Crippen LogP contribution >= 0.6 is 0 Å². The molecule has 0 aliphatic rings. The smallest absolute Gasteiger partial charge is 0.0531 e. The van der Waals surface area contributed by atoms with Gasteiger partial charge in [0.2, 0.25) is 0 Å². The molecular formula is C15H19NO. The van der Waals surface area contributed by atoms with Gasteiger partial charge >= 0.3 is 0 Å². The van der Waals surface area contributed by atoms with E-state index in [9.17, 15) is 5.11 Å². The summed E-state index contributed by atoms with van der Waals surface area (Å²) in [6.45, 7) is 3.90. The molecule has 0 heterocycles. The van der Waals surface area contributed by atoms with Crippen LogP contribution in [0.25, 0.3) is 10.8 Å². The van der Waals surface area contributed by atoms with E-state index in [0.29, 0.717) is 0 Å². The highest BCUT2D eigenvalue weighted by Gasteiger charge is 2.05. The van der Waals surface area contributed by atoms with Crippen LogP contribution in [0.2, 0.25) is 0 Å². The van der Waals surface area contributed by atoms with Gasteiger partial charge in [0.05, 0.1) is 6.10 Å². The highest BCUT2D eigenvalue weighted by Crippen LogP contribution is 2.19. The zero-order valence-electron chi connectivity index (χ0n) is 10.4. The van der Waals surface area contributed by atoms with Crippen LogP contribution in [0, 0.1) is 0 Å². The predicted octanol–water partition coefficient (Wildman–Crippen LogP) is 3.41. The molecule has 0 aliphatic heterocycles. The molecule has 0 fully saturated rings. The van der Waals surface area contributed by atoms with Gasteiger partial charge < -0.3 is 10.4 Å². The maximum atomic E-state index is 9.33. The molecule has 2 N–H and O–H groups in total. The molecule has 0 amide bonds. The number of nitrogens with one attached hydrogen (secondary N) is 1. The first-order valence-electron chi connectivity index (χ1n) is 6.08. The van der Waals surface area contributed by atoms with E-state index in [4.69, 9.17) is 0 Å². The maximum absolute atomic E-state index is 9.33. The highest BCUT2D eigenvalue weighted by atomic mass is 16.3. The molecule has 2 heteroatoms. The van der Waals surface area contributed by atoms with Crippen LogP contribution in [-0.2, 0) is 0 Å². The standard InChI is InChI=1S/C15H19NO/c1-11(9-12(2)17)16-15-8-7-13-5-3-4-6-14(13)10-15/h3-8,10-12,16-17H,9H2,1-2H3. The van der Waals surface area contributed by atoms with Crippen LogP contribution < -0.4 is 5.32 Å². The van der Waals surface area contributed by atoms with Crippen molar-refractivity contribution in [3.8, 4) is 0 Å². The number of hydrogen-bond donors (Lipinski definition) is 2. The topological polar surface area (TPSA) is 32.3 Å². The molecule has 2 aromatic rings. The van der Waals surface area contributed by atoms with Crippen molar-refractivity contribution < 1.29 is 5.11 Å². The minimum Gasteiger partial charge on any atom is -0.393 e. The molecule has 0 radical (unpaired) electrons. The van der Waals surface area contributed by atoms with Gasteiger partial charge in [-0.2, -0.15) is 0 Å². The number of anilines is 1. The number of hydrogen-bond acceptors (Lipinski definition) is 2. The van der Waals surface area contributed by atoms with Gasteiger partial charge in [-0.15, -0.1) is 0 Å². The third-order valence-corrected chi connectivity index (χ3v) is 2.86. The number of aliphatic hydroxyl groups is 1. The largest absolute Gasteiger partial charge is 0.393 e. The Kier molecular flexibility index (Phi) is 3.64. The van der Waals surface area contributed by atoms with E-state index in [1.54, 1.807) is 0 Å². The summed E-state index contributed by atoms with van der Waals surface area (Å²) in [4.78, 5) is 0. The molecule has 2 atom stereocenters. The number of benzene rings is 2. The molecule has 2 aromatic carbocycles. The maximum Gasteiger partial charge on any atom is 0.0531 e. The fraction of sp³-hybridized carbons (Fsp3) is 0.333. The van der Waals surface area contributed by atoms with Gasteiger partial charge in [-0.05, 0) is 43.2 Å². The van der Waals surface area contributed by atoms with Crippen LogP contribution in [0.1, 0.15) is 20.3 Å². The Morgan fingerprint density at radius 1 is 1.06 bits per heavy atom. The van der Waals surface area contributed by atoms with Gasteiger partial charge in [-0.1, -0.05) is 30.3 Å². The molecular weight excluding hydrogens is 210 g/mol. The van der Waals surface area contributed by atoms with E-state index in [2.05, 4.69) is 42.6 Å². The van der Waals surface area contributed by atoms with E-state index >= 15 is 0 Å². The van der Waals surface area contributed by atoms with Crippen molar-refractivity contribution in [1.82, 2.24) is 0 Å². The van der Waals surface area contributed by atoms with Gasteiger partial charge in [0.25, 0.3) is 0 Å². The third kappa shape index (κ3) is 3.21. The molecule has 2 unspecified atom stereocenters. The Hall–Kier alpha value is -1.54. The highest BCUT2D eigenvalue weighted by molar-refractivity contribution is 5.85. The quantitative estimate of drug-likeness (QED) is 0.842. The SMILES string of the molecule is CC(O)CC(C)Nc1ccc2ccccc2c1.